The van der Waals surface area contributed by atoms with Gasteiger partial charge >= 0.3 is 0 Å². The Morgan fingerprint density at radius 2 is 1.96 bits per heavy atom. The number of piperazine rings is 1. The normalized spacial score (nSPS) is 17.0. The molecule has 3 rings (SSSR count). The molecule has 1 atom stereocenters. The van der Waals surface area contributed by atoms with Crippen molar-refractivity contribution in [2.24, 2.45) is 5.73 Å². The second-order valence-corrected chi connectivity index (χ2v) is 5.91. The predicted molar refractivity (Wildman–Crippen MR) is 88.1 cm³/mol. The number of rotatable bonds is 5. The van der Waals surface area contributed by atoms with E-state index in [4.69, 9.17) is 15.3 Å². The molecule has 1 aromatic heterocycles. The van der Waals surface area contributed by atoms with Gasteiger partial charge in [-0.3, -0.25) is 9.69 Å². The van der Waals surface area contributed by atoms with Gasteiger partial charge in [-0.25, -0.2) is 4.98 Å². The highest BCUT2D eigenvalue weighted by molar-refractivity contribution is 5.92. The number of aliphatic hydroxyl groups is 1. The molecule has 1 unspecified atom stereocenters. The Hall–Kier alpha value is -2.22. The van der Waals surface area contributed by atoms with Gasteiger partial charge in [-0.1, -0.05) is 30.3 Å². The number of amides is 1. The van der Waals surface area contributed by atoms with Crippen LogP contribution in [-0.4, -0.2) is 58.6 Å². The lowest BCUT2D eigenvalue weighted by Crippen LogP contribution is -2.48. The van der Waals surface area contributed by atoms with Crippen LogP contribution < -0.4 is 5.73 Å². The van der Waals surface area contributed by atoms with E-state index in [-0.39, 0.29) is 24.1 Å². The summed E-state index contributed by atoms with van der Waals surface area (Å²) in [5.41, 5.74) is 7.16. The molecule has 1 aliphatic rings. The molecule has 7 nitrogen and oxygen atoms in total. The van der Waals surface area contributed by atoms with Gasteiger partial charge in [-0.05, 0) is 5.56 Å². The molecular weight excluding hydrogens is 308 g/mol. The molecule has 7 heteroatoms. The van der Waals surface area contributed by atoms with E-state index in [1.165, 1.54) is 11.8 Å². The third-order valence-corrected chi connectivity index (χ3v) is 4.16. The number of hydrogen-bond acceptors (Lipinski definition) is 6. The minimum atomic E-state index is -0.700. The van der Waals surface area contributed by atoms with Gasteiger partial charge in [0.05, 0.1) is 6.61 Å². The molecule has 0 aliphatic carbocycles. The highest BCUT2D eigenvalue weighted by Crippen LogP contribution is 2.14. The molecule has 24 heavy (non-hydrogen) atoms. The number of carbonyl (C=O) groups excluding carboxylic acids is 1. The molecule has 2 heterocycles. The third kappa shape index (κ3) is 3.81. The Kier molecular flexibility index (Phi) is 5.24. The molecule has 128 valence electrons. The van der Waals surface area contributed by atoms with E-state index in [9.17, 15) is 4.79 Å². The molecule has 0 spiro atoms. The standard InChI is InChI=1S/C17H22N4O3/c18-14(11-22)16-19-15(12-24-16)17(23)21-8-6-20(7-9-21)10-13-4-2-1-3-5-13/h1-5,12,14,22H,6-11,18H2. The van der Waals surface area contributed by atoms with Crippen molar-refractivity contribution in [2.45, 2.75) is 12.6 Å². The van der Waals surface area contributed by atoms with Gasteiger partial charge < -0.3 is 20.2 Å². The molecule has 3 N–H and O–H groups in total. The molecule has 1 amide bonds. The lowest BCUT2D eigenvalue weighted by atomic mass is 10.2. The van der Waals surface area contributed by atoms with E-state index in [1.54, 1.807) is 4.90 Å². The van der Waals surface area contributed by atoms with Crippen LogP contribution in [0.2, 0.25) is 0 Å². The summed E-state index contributed by atoms with van der Waals surface area (Å²) in [6, 6.07) is 9.60. The first-order valence-electron chi connectivity index (χ1n) is 8.05. The van der Waals surface area contributed by atoms with Crippen molar-refractivity contribution in [3.63, 3.8) is 0 Å². The second-order valence-electron chi connectivity index (χ2n) is 5.91. The van der Waals surface area contributed by atoms with Gasteiger partial charge in [0.25, 0.3) is 5.91 Å². The van der Waals surface area contributed by atoms with Gasteiger partial charge in [0.2, 0.25) is 5.89 Å². The highest BCUT2D eigenvalue weighted by Gasteiger charge is 2.25. The number of aliphatic hydroxyl groups excluding tert-OH is 1. The van der Waals surface area contributed by atoms with Crippen molar-refractivity contribution in [3.8, 4) is 0 Å². The maximum absolute atomic E-state index is 12.5. The van der Waals surface area contributed by atoms with E-state index in [1.807, 2.05) is 18.2 Å². The van der Waals surface area contributed by atoms with Crippen LogP contribution in [0.1, 0.15) is 28.0 Å². The van der Waals surface area contributed by atoms with Crippen LogP contribution >= 0.6 is 0 Å². The first kappa shape index (κ1) is 16.6. The Bertz CT molecular complexity index is 665. The van der Waals surface area contributed by atoms with Crippen LogP contribution in [0.5, 0.6) is 0 Å². The SMILES string of the molecule is NC(CO)c1nc(C(=O)N2CCN(Cc3ccccc3)CC2)co1. The number of carbonyl (C=O) groups is 1. The van der Waals surface area contributed by atoms with Crippen molar-refractivity contribution in [1.29, 1.82) is 0 Å². The van der Waals surface area contributed by atoms with Crippen molar-refractivity contribution in [1.82, 2.24) is 14.8 Å². The van der Waals surface area contributed by atoms with Crippen LogP contribution in [-0.2, 0) is 6.54 Å². The fraction of sp³-hybridized carbons (Fsp3) is 0.412. The molecule has 0 bridgehead atoms. The van der Waals surface area contributed by atoms with E-state index in [0.29, 0.717) is 13.1 Å². The van der Waals surface area contributed by atoms with Crippen molar-refractivity contribution in [2.75, 3.05) is 32.8 Å². The van der Waals surface area contributed by atoms with E-state index in [2.05, 4.69) is 22.0 Å². The summed E-state index contributed by atoms with van der Waals surface area (Å²) in [4.78, 5) is 20.7. The van der Waals surface area contributed by atoms with Gasteiger partial charge in [-0.15, -0.1) is 0 Å². The maximum atomic E-state index is 12.5. The number of hydrogen-bond donors (Lipinski definition) is 2. The quantitative estimate of drug-likeness (QED) is 0.834. The van der Waals surface area contributed by atoms with Gasteiger partial charge in [0, 0.05) is 32.7 Å². The van der Waals surface area contributed by atoms with Crippen molar-refractivity contribution < 1.29 is 14.3 Å². The molecule has 1 aromatic carbocycles. The average Bonchev–Trinajstić information content (AvgIpc) is 3.12. The second kappa shape index (κ2) is 7.57. The van der Waals surface area contributed by atoms with Crippen molar-refractivity contribution in [3.05, 3.63) is 53.7 Å². The first-order valence-corrected chi connectivity index (χ1v) is 8.05. The van der Waals surface area contributed by atoms with E-state index >= 15 is 0 Å². The molecule has 2 aromatic rings. The Morgan fingerprint density at radius 3 is 2.62 bits per heavy atom. The molecule has 0 saturated carbocycles. The van der Waals surface area contributed by atoms with Crippen LogP contribution in [0.4, 0.5) is 0 Å². The summed E-state index contributed by atoms with van der Waals surface area (Å²) in [7, 11) is 0. The molecular formula is C17H22N4O3. The molecule has 1 fully saturated rings. The summed E-state index contributed by atoms with van der Waals surface area (Å²) in [6.07, 6.45) is 1.31. The zero-order valence-corrected chi connectivity index (χ0v) is 13.5. The van der Waals surface area contributed by atoms with Crippen LogP contribution in [0.25, 0.3) is 0 Å². The predicted octanol–water partition coefficient (Wildman–Crippen LogP) is 0.625. The summed E-state index contributed by atoms with van der Waals surface area (Å²) in [5, 5.41) is 9.01. The number of nitrogens with zero attached hydrogens (tertiary/aromatic N) is 3. The third-order valence-electron chi connectivity index (χ3n) is 4.16. The molecule has 0 radical (unpaired) electrons. The Balaban J connectivity index is 1.54. The maximum Gasteiger partial charge on any atom is 0.275 e. The van der Waals surface area contributed by atoms with Gasteiger partial charge in [0.15, 0.2) is 5.69 Å². The van der Waals surface area contributed by atoms with E-state index in [0.717, 1.165) is 19.6 Å². The molecule has 1 aliphatic heterocycles. The average molecular weight is 330 g/mol. The summed E-state index contributed by atoms with van der Waals surface area (Å²) in [6.45, 7) is 3.57. The van der Waals surface area contributed by atoms with E-state index < -0.39 is 6.04 Å². The lowest BCUT2D eigenvalue weighted by Gasteiger charge is -2.34. The van der Waals surface area contributed by atoms with Crippen molar-refractivity contribution >= 4 is 5.91 Å². The number of benzene rings is 1. The fourth-order valence-corrected chi connectivity index (χ4v) is 2.75. The van der Waals surface area contributed by atoms with Gasteiger partial charge in [-0.2, -0.15) is 0 Å². The minimum Gasteiger partial charge on any atom is -0.446 e. The first-order chi connectivity index (χ1) is 11.7. The van der Waals surface area contributed by atoms with Gasteiger partial charge in [0.1, 0.15) is 12.3 Å². The lowest BCUT2D eigenvalue weighted by molar-refractivity contribution is 0.0622. The largest absolute Gasteiger partial charge is 0.446 e. The summed E-state index contributed by atoms with van der Waals surface area (Å²) < 4.78 is 5.18. The monoisotopic (exact) mass is 330 g/mol. The summed E-state index contributed by atoms with van der Waals surface area (Å²) >= 11 is 0. The van der Waals surface area contributed by atoms with Crippen LogP contribution in [0.3, 0.4) is 0 Å². The number of oxazole rings is 1. The Labute approximate surface area is 140 Å². The summed E-state index contributed by atoms with van der Waals surface area (Å²) in [5.74, 6) is 0.0260. The zero-order chi connectivity index (χ0) is 16.9. The Morgan fingerprint density at radius 1 is 1.25 bits per heavy atom. The number of nitrogens with two attached hydrogens (primary N) is 1. The fourth-order valence-electron chi connectivity index (χ4n) is 2.75. The zero-order valence-electron chi connectivity index (χ0n) is 13.5. The smallest absolute Gasteiger partial charge is 0.275 e. The topological polar surface area (TPSA) is 95.8 Å². The van der Waals surface area contributed by atoms with Crippen LogP contribution in [0.15, 0.2) is 41.0 Å². The van der Waals surface area contributed by atoms with Crippen LogP contribution in [0, 0.1) is 0 Å². The molecule has 1 saturated heterocycles. The minimum absolute atomic E-state index is 0.158. The highest BCUT2D eigenvalue weighted by atomic mass is 16.3. The number of aromatic nitrogens is 1.